The lowest BCUT2D eigenvalue weighted by Gasteiger charge is -2.20. The van der Waals surface area contributed by atoms with E-state index in [-0.39, 0.29) is 18.0 Å². The molecule has 6 nitrogen and oxygen atoms in total. The van der Waals surface area contributed by atoms with Crippen LogP contribution in [0.4, 0.5) is 5.69 Å². The Labute approximate surface area is 120 Å². The van der Waals surface area contributed by atoms with Crippen molar-refractivity contribution in [3.63, 3.8) is 0 Å². The Morgan fingerprint density at radius 2 is 2.26 bits per heavy atom. The van der Waals surface area contributed by atoms with Gasteiger partial charge in [-0.25, -0.2) is 9.79 Å². The number of nitrogens with one attached hydrogen (secondary N) is 2. The Kier molecular flexibility index (Phi) is 4.65. The predicted molar refractivity (Wildman–Crippen MR) is 78.5 cm³/mol. The maximum atomic E-state index is 11.5. The Balaban J connectivity index is 0.00000180. The number of carbonyl (C=O) groups is 1. The zero-order valence-corrected chi connectivity index (χ0v) is 12.0. The van der Waals surface area contributed by atoms with Crippen LogP contribution in [0.5, 0.6) is 0 Å². The van der Waals surface area contributed by atoms with E-state index in [9.17, 15) is 9.59 Å². The first-order chi connectivity index (χ1) is 8.40. The molecule has 1 aliphatic rings. The highest BCUT2D eigenvalue weighted by molar-refractivity contribution is 8.15. The van der Waals surface area contributed by atoms with Crippen LogP contribution < -0.4 is 10.9 Å². The maximum absolute atomic E-state index is 11.5. The molecule has 0 fully saturated rings. The molecule has 1 aromatic heterocycles. The number of rotatable bonds is 2. The van der Waals surface area contributed by atoms with Crippen molar-refractivity contribution in [2.24, 2.45) is 4.99 Å². The molecule has 0 radical (unpaired) electrons. The molecule has 3 N–H and O–H groups in total. The van der Waals surface area contributed by atoms with E-state index in [1.54, 1.807) is 12.1 Å². The molecular weight excluding hydrogens is 290 g/mol. The van der Waals surface area contributed by atoms with Crippen LogP contribution in [-0.4, -0.2) is 32.0 Å². The Morgan fingerprint density at radius 3 is 2.79 bits per heavy atom. The standard InChI is InChI=1S/C11H13N3O3S.ClH/c1-11(2)7(9(16)17)14-10(18-11)13-6-4-3-5-12-8(6)15;/h3-5,7H,1-2H3,(H,12,15)(H,13,14)(H,16,17);1H/t7-;/m1./s1. The fourth-order valence-electron chi connectivity index (χ4n) is 1.65. The topological polar surface area (TPSA) is 94.5 Å². The highest BCUT2D eigenvalue weighted by Gasteiger charge is 2.42. The number of carboxylic acid groups (broad SMARTS) is 1. The fourth-order valence-corrected chi connectivity index (χ4v) is 2.73. The highest BCUT2D eigenvalue weighted by atomic mass is 35.5. The molecule has 104 valence electrons. The lowest BCUT2D eigenvalue weighted by atomic mass is 10.0. The Morgan fingerprint density at radius 1 is 1.58 bits per heavy atom. The minimum atomic E-state index is -0.966. The summed E-state index contributed by atoms with van der Waals surface area (Å²) >= 11 is 1.31. The van der Waals surface area contributed by atoms with Gasteiger partial charge in [-0.3, -0.25) is 4.79 Å². The van der Waals surface area contributed by atoms with Crippen molar-refractivity contribution in [2.75, 3.05) is 5.32 Å². The second-order valence-corrected chi connectivity index (χ2v) is 6.06. The Hall–Kier alpha value is -1.47. The first-order valence-electron chi connectivity index (χ1n) is 5.34. The third-order valence-electron chi connectivity index (χ3n) is 2.56. The van der Waals surface area contributed by atoms with Crippen LogP contribution in [0.25, 0.3) is 0 Å². The Bertz CT molecular complexity index is 570. The van der Waals surface area contributed by atoms with Gasteiger partial charge in [0, 0.05) is 6.20 Å². The molecule has 0 spiro atoms. The summed E-state index contributed by atoms with van der Waals surface area (Å²) in [7, 11) is 0. The number of anilines is 1. The largest absolute Gasteiger partial charge is 0.480 e. The summed E-state index contributed by atoms with van der Waals surface area (Å²) in [6.07, 6.45) is 1.53. The molecule has 0 aromatic carbocycles. The number of aromatic nitrogens is 1. The van der Waals surface area contributed by atoms with Gasteiger partial charge in [-0.15, -0.1) is 12.4 Å². The normalized spacial score (nSPS) is 20.3. The van der Waals surface area contributed by atoms with Crippen LogP contribution in [-0.2, 0) is 4.79 Å². The van der Waals surface area contributed by atoms with Gasteiger partial charge in [-0.2, -0.15) is 0 Å². The minimum Gasteiger partial charge on any atom is -0.480 e. The molecule has 1 aliphatic heterocycles. The molecule has 0 saturated carbocycles. The number of hydrogen-bond acceptors (Lipinski definition) is 5. The zero-order valence-electron chi connectivity index (χ0n) is 10.3. The number of aliphatic carboxylic acids is 1. The van der Waals surface area contributed by atoms with Crippen LogP contribution in [0, 0.1) is 0 Å². The number of carboxylic acids is 1. The van der Waals surface area contributed by atoms with E-state index in [0.717, 1.165) is 0 Å². The van der Waals surface area contributed by atoms with Gasteiger partial charge in [0.1, 0.15) is 5.69 Å². The van der Waals surface area contributed by atoms with Crippen molar-refractivity contribution in [3.8, 4) is 0 Å². The molecule has 1 atom stereocenters. The van der Waals surface area contributed by atoms with Gasteiger partial charge in [0.05, 0.1) is 4.75 Å². The van der Waals surface area contributed by atoms with E-state index in [2.05, 4.69) is 15.3 Å². The number of aliphatic imine (C=N–C) groups is 1. The van der Waals surface area contributed by atoms with Gasteiger partial charge in [-0.05, 0) is 26.0 Å². The summed E-state index contributed by atoms with van der Waals surface area (Å²) < 4.78 is -0.532. The van der Waals surface area contributed by atoms with Crippen molar-refractivity contribution >= 4 is 41.0 Å². The molecule has 0 aliphatic carbocycles. The first kappa shape index (κ1) is 15.6. The second-order valence-electron chi connectivity index (χ2n) is 4.42. The summed E-state index contributed by atoms with van der Waals surface area (Å²) in [5.41, 5.74) is 0.0861. The molecule has 1 aromatic rings. The lowest BCUT2D eigenvalue weighted by molar-refractivity contribution is -0.138. The SMILES string of the molecule is CC1(C)SC(Nc2ccc[nH]c2=O)=N[C@@H]1C(=O)O.Cl. The number of halogens is 1. The van der Waals surface area contributed by atoms with E-state index in [4.69, 9.17) is 5.11 Å². The van der Waals surface area contributed by atoms with Crippen LogP contribution in [0.3, 0.4) is 0 Å². The van der Waals surface area contributed by atoms with Crippen molar-refractivity contribution in [1.29, 1.82) is 0 Å². The maximum Gasteiger partial charge on any atom is 0.329 e. The third kappa shape index (κ3) is 3.30. The predicted octanol–water partition coefficient (Wildman–Crippen LogP) is 1.54. The minimum absolute atomic E-state index is 0. The fraction of sp³-hybridized carbons (Fsp3) is 0.364. The summed E-state index contributed by atoms with van der Waals surface area (Å²) in [5, 5.41) is 12.4. The molecule has 2 heterocycles. The van der Waals surface area contributed by atoms with Gasteiger partial charge in [0.2, 0.25) is 0 Å². The molecule has 19 heavy (non-hydrogen) atoms. The number of amidine groups is 1. The van der Waals surface area contributed by atoms with Crippen LogP contribution in [0.2, 0.25) is 0 Å². The summed E-state index contributed by atoms with van der Waals surface area (Å²) in [6, 6.07) is 2.49. The average molecular weight is 304 g/mol. The van der Waals surface area contributed by atoms with Crippen LogP contribution >= 0.6 is 24.2 Å². The summed E-state index contributed by atoms with van der Waals surface area (Å²) in [4.78, 5) is 29.2. The molecular formula is C11H14ClN3O3S. The molecule has 2 rings (SSSR count). The van der Waals surface area contributed by atoms with Crippen molar-refractivity contribution in [2.45, 2.75) is 24.6 Å². The zero-order chi connectivity index (χ0) is 13.3. The van der Waals surface area contributed by atoms with Gasteiger partial charge < -0.3 is 15.4 Å². The van der Waals surface area contributed by atoms with Crippen molar-refractivity contribution in [1.82, 2.24) is 4.98 Å². The first-order valence-corrected chi connectivity index (χ1v) is 6.16. The quantitative estimate of drug-likeness (QED) is 0.770. The van der Waals surface area contributed by atoms with Crippen molar-refractivity contribution in [3.05, 3.63) is 28.7 Å². The molecule has 0 saturated heterocycles. The van der Waals surface area contributed by atoms with Gasteiger partial charge >= 0.3 is 5.97 Å². The van der Waals surface area contributed by atoms with E-state index in [0.29, 0.717) is 10.9 Å². The molecule has 8 heteroatoms. The van der Waals surface area contributed by atoms with Crippen LogP contribution in [0.1, 0.15) is 13.8 Å². The summed E-state index contributed by atoms with van der Waals surface area (Å²) in [5.74, 6) is -0.966. The summed E-state index contributed by atoms with van der Waals surface area (Å²) in [6.45, 7) is 3.62. The van der Waals surface area contributed by atoms with Gasteiger partial charge in [0.15, 0.2) is 11.2 Å². The number of pyridine rings is 1. The number of nitrogens with zero attached hydrogens (tertiary/aromatic N) is 1. The number of hydrogen-bond donors (Lipinski definition) is 3. The van der Waals surface area contributed by atoms with Crippen molar-refractivity contribution < 1.29 is 9.90 Å². The van der Waals surface area contributed by atoms with Crippen LogP contribution in [0.15, 0.2) is 28.1 Å². The molecule has 0 unspecified atom stereocenters. The smallest absolute Gasteiger partial charge is 0.329 e. The van der Waals surface area contributed by atoms with E-state index in [1.807, 2.05) is 13.8 Å². The average Bonchev–Trinajstić information content (AvgIpc) is 2.57. The second kappa shape index (κ2) is 5.66. The van der Waals surface area contributed by atoms with Gasteiger partial charge in [-0.1, -0.05) is 11.8 Å². The van der Waals surface area contributed by atoms with E-state index < -0.39 is 16.8 Å². The number of thioether (sulfide) groups is 1. The third-order valence-corrected chi connectivity index (χ3v) is 3.71. The molecule has 0 bridgehead atoms. The monoisotopic (exact) mass is 303 g/mol. The number of aromatic amines is 1. The van der Waals surface area contributed by atoms with E-state index in [1.165, 1.54) is 18.0 Å². The molecule has 0 amide bonds. The number of H-pyrrole nitrogens is 1. The van der Waals surface area contributed by atoms with E-state index >= 15 is 0 Å². The van der Waals surface area contributed by atoms with Gasteiger partial charge in [0.25, 0.3) is 5.56 Å². The lowest BCUT2D eigenvalue weighted by Crippen LogP contribution is -2.34. The highest BCUT2D eigenvalue weighted by Crippen LogP contribution is 2.37.